The number of rotatable bonds is 6. The predicted octanol–water partition coefficient (Wildman–Crippen LogP) is 1.46. The van der Waals surface area contributed by atoms with Crippen LogP contribution in [-0.4, -0.2) is 31.9 Å². The molecule has 0 aromatic carbocycles. The number of nitrogens with zero attached hydrogens (tertiary/aromatic N) is 1. The van der Waals surface area contributed by atoms with E-state index in [4.69, 9.17) is 5.73 Å². The van der Waals surface area contributed by atoms with E-state index in [1.165, 1.54) is 9.87 Å². The van der Waals surface area contributed by atoms with Crippen molar-refractivity contribution < 1.29 is 8.42 Å². The third-order valence-electron chi connectivity index (χ3n) is 3.79. The second kappa shape index (κ2) is 7.00. The number of piperidine rings is 1. The van der Waals surface area contributed by atoms with Crippen LogP contribution in [0.25, 0.3) is 0 Å². The van der Waals surface area contributed by atoms with Crippen molar-refractivity contribution in [3.05, 3.63) is 21.9 Å². The molecule has 7 heteroatoms. The zero-order valence-electron chi connectivity index (χ0n) is 11.8. The van der Waals surface area contributed by atoms with Gasteiger partial charge in [0.1, 0.15) is 0 Å². The molecular formula is C13H23N3O2S2. The maximum absolute atomic E-state index is 12.4. The lowest BCUT2D eigenvalue weighted by Gasteiger charge is -2.33. The van der Waals surface area contributed by atoms with Gasteiger partial charge in [-0.2, -0.15) is 17.4 Å². The van der Waals surface area contributed by atoms with Gasteiger partial charge in [0.05, 0.1) is 0 Å². The molecule has 0 amide bonds. The number of nitrogens with two attached hydrogens (primary N) is 1. The van der Waals surface area contributed by atoms with Crippen molar-refractivity contribution in [3.8, 4) is 0 Å². The minimum absolute atomic E-state index is 0.0600. The van der Waals surface area contributed by atoms with E-state index in [0.717, 1.165) is 30.6 Å². The smallest absolute Gasteiger partial charge is 0.280 e. The fraction of sp³-hybridized carbons (Fsp3) is 0.692. The van der Waals surface area contributed by atoms with E-state index in [1.54, 1.807) is 11.3 Å². The van der Waals surface area contributed by atoms with Crippen molar-refractivity contribution in [1.29, 1.82) is 0 Å². The quantitative estimate of drug-likeness (QED) is 0.834. The highest BCUT2D eigenvalue weighted by Crippen LogP contribution is 2.21. The van der Waals surface area contributed by atoms with Gasteiger partial charge >= 0.3 is 0 Å². The average Bonchev–Trinajstić information content (AvgIpc) is 2.92. The first kappa shape index (κ1) is 15.9. The van der Waals surface area contributed by atoms with Crippen LogP contribution in [-0.2, 0) is 23.2 Å². The predicted molar refractivity (Wildman–Crippen MR) is 82.9 cm³/mol. The summed E-state index contributed by atoms with van der Waals surface area (Å²) < 4.78 is 29.1. The summed E-state index contributed by atoms with van der Waals surface area (Å²) in [6.45, 7) is 3.41. The Morgan fingerprint density at radius 2 is 2.30 bits per heavy atom. The Morgan fingerprint density at radius 1 is 1.50 bits per heavy atom. The lowest BCUT2D eigenvalue weighted by atomic mass is 10.1. The van der Waals surface area contributed by atoms with Crippen LogP contribution in [0.15, 0.2) is 11.4 Å². The van der Waals surface area contributed by atoms with Gasteiger partial charge < -0.3 is 5.73 Å². The number of hydrogen-bond donors (Lipinski definition) is 2. The maximum atomic E-state index is 12.4. The Hall–Kier alpha value is -0.470. The Morgan fingerprint density at radius 3 is 3.00 bits per heavy atom. The summed E-state index contributed by atoms with van der Waals surface area (Å²) in [6, 6.07) is 1.99. The third kappa shape index (κ3) is 3.59. The van der Waals surface area contributed by atoms with Crippen molar-refractivity contribution in [1.82, 2.24) is 9.03 Å². The summed E-state index contributed by atoms with van der Waals surface area (Å²) >= 11 is 1.60. The fourth-order valence-electron chi connectivity index (χ4n) is 2.60. The normalized spacial score (nSPS) is 21.2. The van der Waals surface area contributed by atoms with Gasteiger partial charge in [-0.25, -0.2) is 0 Å². The van der Waals surface area contributed by atoms with Crippen LogP contribution in [0, 0.1) is 0 Å². The monoisotopic (exact) mass is 317 g/mol. The van der Waals surface area contributed by atoms with Crippen molar-refractivity contribution in [2.45, 2.75) is 45.2 Å². The molecule has 0 bridgehead atoms. The Kier molecular flexibility index (Phi) is 5.57. The Labute approximate surface area is 125 Å². The molecule has 1 saturated heterocycles. The number of hydrogen-bond acceptors (Lipinski definition) is 4. The first-order valence-corrected chi connectivity index (χ1v) is 9.42. The van der Waals surface area contributed by atoms with Crippen molar-refractivity contribution in [2.24, 2.45) is 5.73 Å². The Balaban J connectivity index is 2.03. The molecule has 1 fully saturated rings. The van der Waals surface area contributed by atoms with Crippen LogP contribution in [0.5, 0.6) is 0 Å². The van der Waals surface area contributed by atoms with Crippen LogP contribution in [0.3, 0.4) is 0 Å². The van der Waals surface area contributed by atoms with Gasteiger partial charge in [0.25, 0.3) is 10.2 Å². The highest BCUT2D eigenvalue weighted by Gasteiger charge is 2.31. The van der Waals surface area contributed by atoms with E-state index in [9.17, 15) is 8.42 Å². The Bertz CT molecular complexity index is 527. The lowest BCUT2D eigenvalue weighted by Crippen LogP contribution is -2.51. The number of aryl methyl sites for hydroxylation is 1. The zero-order chi connectivity index (χ0) is 14.6. The number of nitrogens with one attached hydrogen (secondary N) is 1. The minimum atomic E-state index is -3.44. The van der Waals surface area contributed by atoms with Gasteiger partial charge in [0.15, 0.2) is 0 Å². The van der Waals surface area contributed by atoms with Crippen molar-refractivity contribution in [2.75, 3.05) is 13.1 Å². The molecule has 0 spiro atoms. The molecular weight excluding hydrogens is 294 g/mol. The highest BCUT2D eigenvalue weighted by molar-refractivity contribution is 7.87. The second-order valence-corrected chi connectivity index (χ2v) is 7.75. The molecule has 0 aliphatic carbocycles. The molecule has 2 heterocycles. The van der Waals surface area contributed by atoms with Crippen LogP contribution in [0.2, 0.25) is 0 Å². The molecule has 2 rings (SSSR count). The molecule has 114 valence electrons. The topological polar surface area (TPSA) is 75.4 Å². The van der Waals surface area contributed by atoms with E-state index in [2.05, 4.69) is 17.7 Å². The molecule has 0 saturated carbocycles. The summed E-state index contributed by atoms with van der Waals surface area (Å²) in [6.07, 6.45) is 3.75. The fourth-order valence-corrected chi connectivity index (χ4v) is 5.06. The van der Waals surface area contributed by atoms with E-state index in [0.29, 0.717) is 19.6 Å². The SMILES string of the molecule is CCc1ccsc1CNS(=O)(=O)N1CCCCC1CN. The zero-order valence-corrected chi connectivity index (χ0v) is 13.5. The molecule has 1 aromatic rings. The maximum Gasteiger partial charge on any atom is 0.280 e. The molecule has 0 radical (unpaired) electrons. The summed E-state index contributed by atoms with van der Waals surface area (Å²) in [4.78, 5) is 1.09. The molecule has 3 N–H and O–H groups in total. The third-order valence-corrected chi connectivity index (χ3v) is 6.36. The molecule has 1 aliphatic heterocycles. The minimum Gasteiger partial charge on any atom is -0.329 e. The largest absolute Gasteiger partial charge is 0.329 e. The van der Waals surface area contributed by atoms with E-state index >= 15 is 0 Å². The molecule has 1 aromatic heterocycles. The molecule has 1 aliphatic rings. The standard InChI is InChI=1S/C13H23N3O2S2/c1-2-11-6-8-19-13(11)10-15-20(17,18)16-7-4-3-5-12(16)9-14/h6,8,12,15H,2-5,7,9-10,14H2,1H3. The second-order valence-electron chi connectivity index (χ2n) is 5.04. The number of thiophene rings is 1. The van der Waals surface area contributed by atoms with Crippen LogP contribution < -0.4 is 10.5 Å². The average molecular weight is 317 g/mol. The molecule has 1 unspecified atom stereocenters. The van der Waals surface area contributed by atoms with Crippen LogP contribution in [0.4, 0.5) is 0 Å². The summed E-state index contributed by atoms with van der Waals surface area (Å²) in [5.74, 6) is 0. The summed E-state index contributed by atoms with van der Waals surface area (Å²) in [5, 5.41) is 2.01. The van der Waals surface area contributed by atoms with E-state index in [1.807, 2.05) is 5.38 Å². The van der Waals surface area contributed by atoms with Crippen LogP contribution >= 0.6 is 11.3 Å². The van der Waals surface area contributed by atoms with E-state index in [-0.39, 0.29) is 6.04 Å². The molecule has 5 nitrogen and oxygen atoms in total. The van der Waals surface area contributed by atoms with Gasteiger partial charge in [-0.3, -0.25) is 0 Å². The molecule has 20 heavy (non-hydrogen) atoms. The lowest BCUT2D eigenvalue weighted by molar-refractivity contribution is 0.254. The van der Waals surface area contributed by atoms with Gasteiger partial charge in [0, 0.05) is 30.6 Å². The molecule has 1 atom stereocenters. The van der Waals surface area contributed by atoms with Crippen LogP contribution in [0.1, 0.15) is 36.6 Å². The van der Waals surface area contributed by atoms with Gasteiger partial charge in [-0.05, 0) is 36.3 Å². The van der Waals surface area contributed by atoms with E-state index < -0.39 is 10.2 Å². The van der Waals surface area contributed by atoms with Crippen molar-refractivity contribution >= 4 is 21.5 Å². The first-order chi connectivity index (χ1) is 9.58. The summed E-state index contributed by atoms with van der Waals surface area (Å²) in [5.41, 5.74) is 6.91. The van der Waals surface area contributed by atoms with Crippen molar-refractivity contribution in [3.63, 3.8) is 0 Å². The highest BCUT2D eigenvalue weighted by atomic mass is 32.2. The van der Waals surface area contributed by atoms with Gasteiger partial charge in [0.2, 0.25) is 0 Å². The van der Waals surface area contributed by atoms with Gasteiger partial charge in [-0.1, -0.05) is 13.3 Å². The first-order valence-electron chi connectivity index (χ1n) is 7.10. The van der Waals surface area contributed by atoms with Gasteiger partial charge in [-0.15, -0.1) is 11.3 Å². The summed E-state index contributed by atoms with van der Waals surface area (Å²) in [7, 11) is -3.44.